The lowest BCUT2D eigenvalue weighted by Crippen LogP contribution is -2.07. The lowest BCUT2D eigenvalue weighted by Gasteiger charge is -2.08. The first kappa shape index (κ1) is 12.4. The fourth-order valence-corrected chi connectivity index (χ4v) is 1.26. The summed E-state index contributed by atoms with van der Waals surface area (Å²) in [7, 11) is 0. The standard InChI is InChI=1S/C9H9F3N2O2/c10-6(1-2-13)5-3-7(11)8(12)4-9(5)14(15)16/h3-4,6H,1-2,13H2. The molecule has 1 rings (SSSR count). The van der Waals surface area contributed by atoms with Crippen molar-refractivity contribution in [2.75, 3.05) is 6.54 Å². The van der Waals surface area contributed by atoms with Crippen LogP contribution in [0.1, 0.15) is 18.2 Å². The second-order valence-electron chi connectivity index (χ2n) is 3.13. The highest BCUT2D eigenvalue weighted by Crippen LogP contribution is 2.31. The number of nitrogens with zero attached hydrogens (tertiary/aromatic N) is 1. The van der Waals surface area contributed by atoms with Crippen LogP contribution in [0.25, 0.3) is 0 Å². The number of alkyl halides is 1. The number of hydrogen-bond acceptors (Lipinski definition) is 3. The largest absolute Gasteiger partial charge is 0.330 e. The summed E-state index contributed by atoms with van der Waals surface area (Å²) in [5.41, 5.74) is 3.81. The molecule has 16 heavy (non-hydrogen) atoms. The van der Waals surface area contributed by atoms with Crippen LogP contribution in [0.15, 0.2) is 12.1 Å². The first-order valence-corrected chi connectivity index (χ1v) is 4.44. The average Bonchev–Trinajstić information content (AvgIpc) is 2.21. The first-order valence-electron chi connectivity index (χ1n) is 4.44. The van der Waals surface area contributed by atoms with Gasteiger partial charge in [0.15, 0.2) is 11.6 Å². The predicted octanol–water partition coefficient (Wildman–Crippen LogP) is 2.23. The summed E-state index contributed by atoms with van der Waals surface area (Å²) < 4.78 is 39.0. The molecule has 7 heteroatoms. The van der Waals surface area contributed by atoms with Crippen LogP contribution in [0.2, 0.25) is 0 Å². The molecule has 0 radical (unpaired) electrons. The van der Waals surface area contributed by atoms with Gasteiger partial charge in [0, 0.05) is 0 Å². The van der Waals surface area contributed by atoms with Crippen molar-refractivity contribution in [3.8, 4) is 0 Å². The number of nitro benzene ring substituents is 1. The van der Waals surface area contributed by atoms with Crippen molar-refractivity contribution in [2.24, 2.45) is 5.73 Å². The van der Waals surface area contributed by atoms with Crippen LogP contribution in [-0.2, 0) is 0 Å². The molecule has 0 aliphatic rings. The Morgan fingerprint density at radius 2 is 1.94 bits per heavy atom. The van der Waals surface area contributed by atoms with Crippen LogP contribution in [-0.4, -0.2) is 11.5 Å². The second-order valence-corrected chi connectivity index (χ2v) is 3.13. The van der Waals surface area contributed by atoms with Crippen LogP contribution in [0.4, 0.5) is 18.9 Å². The highest BCUT2D eigenvalue weighted by Gasteiger charge is 2.24. The third-order valence-corrected chi connectivity index (χ3v) is 2.02. The van der Waals surface area contributed by atoms with E-state index in [9.17, 15) is 23.3 Å². The van der Waals surface area contributed by atoms with E-state index < -0.39 is 34.0 Å². The minimum Gasteiger partial charge on any atom is -0.330 e. The van der Waals surface area contributed by atoms with Gasteiger partial charge >= 0.3 is 0 Å². The Hall–Kier alpha value is -1.63. The molecule has 1 unspecified atom stereocenters. The molecule has 1 atom stereocenters. The van der Waals surface area contributed by atoms with Gasteiger partial charge in [-0.2, -0.15) is 0 Å². The summed E-state index contributed by atoms with van der Waals surface area (Å²) in [5, 5.41) is 10.5. The zero-order valence-electron chi connectivity index (χ0n) is 8.12. The zero-order chi connectivity index (χ0) is 12.3. The molecule has 0 aliphatic carbocycles. The third-order valence-electron chi connectivity index (χ3n) is 2.02. The zero-order valence-corrected chi connectivity index (χ0v) is 8.12. The summed E-state index contributed by atoms with van der Waals surface area (Å²) in [6.45, 7) is -0.0443. The van der Waals surface area contributed by atoms with Crippen LogP contribution in [0, 0.1) is 21.7 Å². The van der Waals surface area contributed by atoms with E-state index in [0.717, 1.165) is 0 Å². The van der Waals surface area contributed by atoms with Gasteiger partial charge in [0.2, 0.25) is 0 Å². The van der Waals surface area contributed by atoms with Crippen molar-refractivity contribution in [3.05, 3.63) is 39.4 Å². The molecule has 0 saturated carbocycles. The number of nitro groups is 1. The van der Waals surface area contributed by atoms with Gasteiger partial charge < -0.3 is 5.73 Å². The van der Waals surface area contributed by atoms with Gasteiger partial charge in [-0.3, -0.25) is 10.1 Å². The summed E-state index contributed by atoms with van der Waals surface area (Å²) in [4.78, 5) is 9.56. The van der Waals surface area contributed by atoms with Gasteiger partial charge in [-0.1, -0.05) is 0 Å². The van der Waals surface area contributed by atoms with Crippen molar-refractivity contribution in [3.63, 3.8) is 0 Å². The fraction of sp³-hybridized carbons (Fsp3) is 0.333. The van der Waals surface area contributed by atoms with Gasteiger partial charge in [0.1, 0.15) is 6.17 Å². The summed E-state index contributed by atoms with van der Waals surface area (Å²) in [6.07, 6.45) is -1.97. The van der Waals surface area contributed by atoms with E-state index in [2.05, 4.69) is 0 Å². The van der Waals surface area contributed by atoms with Gasteiger partial charge in [-0.15, -0.1) is 0 Å². The van der Waals surface area contributed by atoms with Crippen LogP contribution in [0.3, 0.4) is 0 Å². The van der Waals surface area contributed by atoms with E-state index in [-0.39, 0.29) is 13.0 Å². The van der Waals surface area contributed by atoms with Crippen molar-refractivity contribution in [1.29, 1.82) is 0 Å². The Morgan fingerprint density at radius 3 is 2.44 bits per heavy atom. The predicted molar refractivity (Wildman–Crippen MR) is 50.5 cm³/mol. The molecular weight excluding hydrogens is 225 g/mol. The van der Waals surface area contributed by atoms with Crippen LogP contribution in [0.5, 0.6) is 0 Å². The monoisotopic (exact) mass is 234 g/mol. The minimum atomic E-state index is -1.78. The van der Waals surface area contributed by atoms with E-state index in [4.69, 9.17) is 5.73 Å². The molecule has 0 spiro atoms. The highest BCUT2D eigenvalue weighted by molar-refractivity contribution is 5.42. The topological polar surface area (TPSA) is 69.2 Å². The maximum Gasteiger partial charge on any atom is 0.278 e. The lowest BCUT2D eigenvalue weighted by atomic mass is 10.1. The van der Waals surface area contributed by atoms with Crippen molar-refractivity contribution in [1.82, 2.24) is 0 Å². The molecule has 4 nitrogen and oxygen atoms in total. The third kappa shape index (κ3) is 2.48. The number of hydrogen-bond donors (Lipinski definition) is 1. The van der Waals surface area contributed by atoms with Crippen LogP contribution >= 0.6 is 0 Å². The highest BCUT2D eigenvalue weighted by atomic mass is 19.2. The number of halogens is 3. The first-order chi connectivity index (χ1) is 7.47. The number of rotatable bonds is 4. The molecule has 1 aromatic rings. The molecular formula is C9H9F3N2O2. The number of benzene rings is 1. The summed E-state index contributed by atoms with van der Waals surface area (Å²) >= 11 is 0. The van der Waals surface area contributed by atoms with E-state index in [1.807, 2.05) is 0 Å². The van der Waals surface area contributed by atoms with Gasteiger partial charge in [-0.25, -0.2) is 13.2 Å². The molecule has 0 amide bonds. The molecule has 0 aromatic heterocycles. The SMILES string of the molecule is NCCC(F)c1cc(F)c(F)cc1[N+](=O)[O-]. The molecule has 1 aromatic carbocycles. The van der Waals surface area contributed by atoms with Crippen molar-refractivity contribution < 1.29 is 18.1 Å². The summed E-state index contributed by atoms with van der Waals surface area (Å²) in [6, 6.07) is 0.863. The Balaban J connectivity index is 3.24. The fourth-order valence-electron chi connectivity index (χ4n) is 1.26. The Bertz CT molecular complexity index is 412. The Labute approximate surface area is 89.0 Å². The molecule has 0 heterocycles. The summed E-state index contributed by atoms with van der Waals surface area (Å²) in [5.74, 6) is -2.70. The van der Waals surface area contributed by atoms with Crippen molar-refractivity contribution >= 4 is 5.69 Å². The molecule has 0 aliphatic heterocycles. The maximum atomic E-state index is 13.4. The van der Waals surface area contributed by atoms with Gasteiger partial charge in [-0.05, 0) is 19.0 Å². The van der Waals surface area contributed by atoms with E-state index in [1.54, 1.807) is 0 Å². The molecule has 0 bridgehead atoms. The lowest BCUT2D eigenvalue weighted by molar-refractivity contribution is -0.386. The van der Waals surface area contributed by atoms with Gasteiger partial charge in [0.05, 0.1) is 16.6 Å². The van der Waals surface area contributed by atoms with E-state index in [0.29, 0.717) is 12.1 Å². The van der Waals surface area contributed by atoms with E-state index >= 15 is 0 Å². The van der Waals surface area contributed by atoms with Crippen LogP contribution < -0.4 is 5.73 Å². The normalized spacial score (nSPS) is 12.5. The van der Waals surface area contributed by atoms with Gasteiger partial charge in [0.25, 0.3) is 5.69 Å². The molecule has 0 fully saturated rings. The average molecular weight is 234 g/mol. The van der Waals surface area contributed by atoms with Crippen molar-refractivity contribution in [2.45, 2.75) is 12.6 Å². The molecule has 88 valence electrons. The maximum absolute atomic E-state index is 13.4. The Kier molecular flexibility index (Phi) is 3.83. The number of nitrogens with two attached hydrogens (primary N) is 1. The quantitative estimate of drug-likeness (QED) is 0.641. The molecule has 2 N–H and O–H groups in total. The second kappa shape index (κ2) is 4.93. The minimum absolute atomic E-state index is 0.0443. The Morgan fingerprint density at radius 1 is 1.38 bits per heavy atom. The van der Waals surface area contributed by atoms with E-state index in [1.165, 1.54) is 0 Å². The smallest absolute Gasteiger partial charge is 0.278 e. The molecule has 0 saturated heterocycles.